The van der Waals surface area contributed by atoms with E-state index in [4.69, 9.17) is 0 Å². The van der Waals surface area contributed by atoms with Gasteiger partial charge in [-0.25, -0.2) is 0 Å². The second-order valence-electron chi connectivity index (χ2n) is 3.07. The average Bonchev–Trinajstić information content (AvgIpc) is 2.16. The number of hydrogen-bond acceptors (Lipinski definition) is 3. The van der Waals surface area contributed by atoms with E-state index in [9.17, 15) is 10.1 Å². The fourth-order valence-electron chi connectivity index (χ4n) is 1.29. The van der Waals surface area contributed by atoms with Crippen molar-refractivity contribution in [3.05, 3.63) is 45.5 Å². The van der Waals surface area contributed by atoms with Gasteiger partial charge in [-0.1, -0.05) is 37.6 Å². The summed E-state index contributed by atoms with van der Waals surface area (Å²) in [6, 6.07) is 7.67. The number of benzene rings is 1. The maximum Gasteiger partial charge on any atom is 0.294 e. The molecule has 0 amide bonds. The lowest BCUT2D eigenvalue weighted by Crippen LogP contribution is -2.00. The highest BCUT2D eigenvalue weighted by Crippen LogP contribution is 2.08. The van der Waals surface area contributed by atoms with Crippen LogP contribution >= 0.6 is 0 Å². The molecule has 0 bridgehead atoms. The Kier molecular flexibility index (Phi) is 3.91. The zero-order chi connectivity index (χ0) is 10.4. The first-order chi connectivity index (χ1) is 6.72. The van der Waals surface area contributed by atoms with Crippen molar-refractivity contribution in [2.24, 2.45) is 0 Å². The van der Waals surface area contributed by atoms with Gasteiger partial charge in [0, 0.05) is 0 Å². The van der Waals surface area contributed by atoms with E-state index >= 15 is 0 Å². The Hall–Kier alpha value is -1.58. The van der Waals surface area contributed by atoms with E-state index in [1.165, 1.54) is 5.56 Å². The van der Waals surface area contributed by atoms with E-state index in [1.807, 2.05) is 24.3 Å². The Morgan fingerprint density at radius 3 is 2.79 bits per heavy atom. The predicted molar refractivity (Wildman–Crippen MR) is 52.2 cm³/mol. The van der Waals surface area contributed by atoms with Gasteiger partial charge in [-0.3, -0.25) is 0 Å². The van der Waals surface area contributed by atoms with Crippen molar-refractivity contribution in [3.8, 4) is 0 Å². The second-order valence-corrected chi connectivity index (χ2v) is 3.07. The van der Waals surface area contributed by atoms with Gasteiger partial charge < -0.3 is 4.84 Å². The summed E-state index contributed by atoms with van der Waals surface area (Å²) in [6.45, 7) is 2.13. The van der Waals surface area contributed by atoms with Gasteiger partial charge in [0.15, 0.2) is 0 Å². The lowest BCUT2D eigenvalue weighted by molar-refractivity contribution is -0.763. The van der Waals surface area contributed by atoms with Gasteiger partial charge in [-0.15, -0.1) is 10.1 Å². The standard InChI is InChI=1S/C10H13NO3/c1-2-4-9-5-3-6-10(7-9)8-14-11(12)13/h3,5-7H,2,4,8H2,1H3. The van der Waals surface area contributed by atoms with E-state index in [0.717, 1.165) is 18.4 Å². The number of nitrogens with zero attached hydrogens (tertiary/aromatic N) is 1. The van der Waals surface area contributed by atoms with Gasteiger partial charge in [0.25, 0.3) is 5.09 Å². The first kappa shape index (κ1) is 10.5. The van der Waals surface area contributed by atoms with Crippen LogP contribution in [-0.4, -0.2) is 5.09 Å². The molecule has 0 aliphatic carbocycles. The van der Waals surface area contributed by atoms with Crippen LogP contribution in [0.2, 0.25) is 0 Å². The first-order valence-corrected chi connectivity index (χ1v) is 4.57. The van der Waals surface area contributed by atoms with Crippen LogP contribution in [0.3, 0.4) is 0 Å². The van der Waals surface area contributed by atoms with Crippen molar-refractivity contribution < 1.29 is 9.92 Å². The lowest BCUT2D eigenvalue weighted by Gasteiger charge is -2.02. The highest BCUT2D eigenvalue weighted by molar-refractivity contribution is 5.22. The van der Waals surface area contributed by atoms with Gasteiger partial charge in [0.1, 0.15) is 6.61 Å². The zero-order valence-electron chi connectivity index (χ0n) is 8.10. The van der Waals surface area contributed by atoms with E-state index in [2.05, 4.69) is 11.8 Å². The summed E-state index contributed by atoms with van der Waals surface area (Å²) in [5.41, 5.74) is 2.03. The van der Waals surface area contributed by atoms with Crippen LogP contribution in [0.1, 0.15) is 24.5 Å². The number of aryl methyl sites for hydroxylation is 1. The summed E-state index contributed by atoms with van der Waals surface area (Å²) in [4.78, 5) is 14.2. The zero-order valence-corrected chi connectivity index (χ0v) is 8.10. The van der Waals surface area contributed by atoms with Crippen LogP contribution in [0.15, 0.2) is 24.3 Å². The lowest BCUT2D eigenvalue weighted by atomic mass is 10.1. The molecule has 0 saturated carbocycles. The smallest absolute Gasteiger partial charge is 0.294 e. The monoisotopic (exact) mass is 195 g/mol. The van der Waals surface area contributed by atoms with E-state index in [1.54, 1.807) is 0 Å². The highest BCUT2D eigenvalue weighted by Gasteiger charge is 1.98. The molecule has 0 aliphatic heterocycles. The summed E-state index contributed by atoms with van der Waals surface area (Å²) in [5, 5.41) is 9.20. The Morgan fingerprint density at radius 2 is 2.14 bits per heavy atom. The van der Waals surface area contributed by atoms with Crippen LogP contribution in [0.4, 0.5) is 0 Å². The van der Waals surface area contributed by atoms with Crippen molar-refractivity contribution in [2.75, 3.05) is 0 Å². The first-order valence-electron chi connectivity index (χ1n) is 4.57. The van der Waals surface area contributed by atoms with E-state index in [0.29, 0.717) is 0 Å². The molecule has 0 atom stereocenters. The molecule has 0 fully saturated rings. The molecule has 0 saturated heterocycles. The third-order valence-electron chi connectivity index (χ3n) is 1.87. The molecular formula is C10H13NO3. The van der Waals surface area contributed by atoms with E-state index in [-0.39, 0.29) is 6.61 Å². The van der Waals surface area contributed by atoms with Crippen molar-refractivity contribution in [3.63, 3.8) is 0 Å². The highest BCUT2D eigenvalue weighted by atomic mass is 16.9. The Morgan fingerprint density at radius 1 is 1.43 bits per heavy atom. The molecule has 0 aliphatic rings. The van der Waals surface area contributed by atoms with Gasteiger partial charge in [-0.2, -0.15) is 0 Å². The minimum absolute atomic E-state index is 0.0323. The number of rotatable bonds is 5. The summed E-state index contributed by atoms with van der Waals surface area (Å²) in [6.07, 6.45) is 2.06. The van der Waals surface area contributed by atoms with Crippen LogP contribution in [0.5, 0.6) is 0 Å². The molecule has 1 aromatic rings. The molecule has 0 spiro atoms. The summed E-state index contributed by atoms with van der Waals surface area (Å²) in [5.74, 6) is 0. The molecule has 1 aromatic carbocycles. The van der Waals surface area contributed by atoms with Crippen molar-refractivity contribution >= 4 is 0 Å². The second kappa shape index (κ2) is 5.21. The van der Waals surface area contributed by atoms with Gasteiger partial charge in [0.05, 0.1) is 0 Å². The molecule has 0 radical (unpaired) electrons. The molecule has 0 N–H and O–H groups in total. The molecule has 1 rings (SSSR count). The molecule has 0 heterocycles. The Balaban J connectivity index is 2.58. The van der Waals surface area contributed by atoms with Crippen LogP contribution < -0.4 is 0 Å². The van der Waals surface area contributed by atoms with E-state index < -0.39 is 5.09 Å². The fraction of sp³-hybridized carbons (Fsp3) is 0.400. The molecule has 14 heavy (non-hydrogen) atoms. The number of hydrogen-bond donors (Lipinski definition) is 0. The molecule has 4 nitrogen and oxygen atoms in total. The molecule has 0 unspecified atom stereocenters. The van der Waals surface area contributed by atoms with Crippen molar-refractivity contribution in [1.82, 2.24) is 0 Å². The SMILES string of the molecule is CCCc1cccc(CO[N+](=O)[O-])c1. The fourth-order valence-corrected chi connectivity index (χ4v) is 1.29. The predicted octanol–water partition coefficient (Wildman–Crippen LogP) is 2.35. The van der Waals surface area contributed by atoms with Gasteiger partial charge in [0.2, 0.25) is 0 Å². The quantitative estimate of drug-likeness (QED) is 0.535. The third kappa shape index (κ3) is 3.43. The Bertz CT molecular complexity index is 312. The minimum Gasteiger partial charge on any atom is -0.309 e. The summed E-state index contributed by atoms with van der Waals surface area (Å²) in [7, 11) is 0. The summed E-state index contributed by atoms with van der Waals surface area (Å²) < 4.78 is 0. The molecule has 76 valence electrons. The molecular weight excluding hydrogens is 182 g/mol. The minimum atomic E-state index is -0.771. The molecule has 4 heteroatoms. The van der Waals surface area contributed by atoms with Crippen LogP contribution in [0, 0.1) is 10.1 Å². The topological polar surface area (TPSA) is 52.4 Å². The largest absolute Gasteiger partial charge is 0.309 e. The van der Waals surface area contributed by atoms with Crippen molar-refractivity contribution in [1.29, 1.82) is 0 Å². The van der Waals surface area contributed by atoms with Crippen molar-refractivity contribution in [2.45, 2.75) is 26.4 Å². The van der Waals surface area contributed by atoms with Crippen LogP contribution in [-0.2, 0) is 17.9 Å². The molecule has 0 aromatic heterocycles. The maximum atomic E-state index is 9.97. The van der Waals surface area contributed by atoms with Gasteiger partial charge in [-0.05, 0) is 17.5 Å². The van der Waals surface area contributed by atoms with Crippen LogP contribution in [0.25, 0.3) is 0 Å². The average molecular weight is 195 g/mol. The normalized spacial score (nSPS) is 9.79. The Labute approximate surface area is 82.6 Å². The third-order valence-corrected chi connectivity index (χ3v) is 1.87. The summed E-state index contributed by atoms with van der Waals surface area (Å²) >= 11 is 0. The maximum absolute atomic E-state index is 9.97. The van der Waals surface area contributed by atoms with Gasteiger partial charge >= 0.3 is 0 Å².